The quantitative estimate of drug-likeness (QED) is 0.644. The fraction of sp³-hybridized carbons (Fsp3) is 0.250. The van der Waals surface area contributed by atoms with Gasteiger partial charge in [-0.05, 0) is 74.5 Å². The number of amides is 1. The van der Waals surface area contributed by atoms with E-state index in [1.54, 1.807) is 41.6 Å². The molecule has 6 nitrogen and oxygen atoms in total. The Balaban J connectivity index is 1.46. The average molecular weight is 435 g/mol. The van der Waals surface area contributed by atoms with Gasteiger partial charge in [-0.2, -0.15) is 0 Å². The monoisotopic (exact) mass is 435 g/mol. The maximum atomic E-state index is 13.5. The fourth-order valence-corrected chi connectivity index (χ4v) is 4.10. The first-order valence-corrected chi connectivity index (χ1v) is 10.7. The number of hydrogen-bond donors (Lipinski definition) is 1. The first-order chi connectivity index (χ1) is 15.6. The Morgan fingerprint density at radius 3 is 2.28 bits per heavy atom. The third-order valence-electron chi connectivity index (χ3n) is 5.79. The number of likely N-dealkylation sites (tertiary alicyclic amines) is 1. The zero-order chi connectivity index (χ0) is 22.1. The third-order valence-corrected chi connectivity index (χ3v) is 5.79. The van der Waals surface area contributed by atoms with E-state index in [4.69, 9.17) is 4.98 Å². The highest BCUT2D eigenvalue weighted by Gasteiger charge is 2.25. The van der Waals surface area contributed by atoms with Crippen molar-refractivity contribution in [1.82, 2.24) is 19.4 Å². The number of fused-ring (bicyclic) bond motifs is 1. The van der Waals surface area contributed by atoms with E-state index < -0.39 is 0 Å². The highest BCUT2D eigenvalue weighted by molar-refractivity contribution is 5.82. The molecular weight excluding hydrogens is 412 g/mol. The Morgan fingerprint density at radius 1 is 0.938 bits per heavy atom. The molecule has 1 amide bonds. The van der Waals surface area contributed by atoms with Crippen LogP contribution >= 0.6 is 0 Å². The Morgan fingerprint density at radius 2 is 1.59 bits per heavy atom. The van der Waals surface area contributed by atoms with Crippen LogP contribution in [0.3, 0.4) is 0 Å². The Hall–Kier alpha value is -3.52. The molecule has 32 heavy (non-hydrogen) atoms. The number of imidazole rings is 1. The van der Waals surface area contributed by atoms with Crippen molar-refractivity contribution in [2.75, 3.05) is 25.0 Å². The molecule has 0 radical (unpaired) electrons. The number of rotatable bonds is 5. The van der Waals surface area contributed by atoms with Crippen LogP contribution in [0.4, 0.5) is 20.3 Å². The average Bonchev–Trinajstić information content (AvgIpc) is 3.43. The van der Waals surface area contributed by atoms with Crippen LogP contribution in [0.15, 0.2) is 54.7 Å². The maximum absolute atomic E-state index is 13.5. The zero-order valence-corrected chi connectivity index (χ0v) is 17.5. The van der Waals surface area contributed by atoms with Gasteiger partial charge in [-0.3, -0.25) is 14.3 Å². The SMILES string of the molecule is O=C(CN1CCCC1)N1C=Cn2c(nc(-c3ccc(F)cc3)c2Nc2ccc(F)cc2)C1. The molecule has 1 fully saturated rings. The second kappa shape index (κ2) is 8.55. The highest BCUT2D eigenvalue weighted by Crippen LogP contribution is 2.33. The lowest BCUT2D eigenvalue weighted by atomic mass is 10.1. The van der Waals surface area contributed by atoms with E-state index in [9.17, 15) is 13.6 Å². The summed E-state index contributed by atoms with van der Waals surface area (Å²) in [7, 11) is 0. The van der Waals surface area contributed by atoms with Crippen molar-refractivity contribution >= 4 is 23.6 Å². The predicted octanol–water partition coefficient (Wildman–Crippen LogP) is 4.44. The van der Waals surface area contributed by atoms with Crippen molar-refractivity contribution < 1.29 is 13.6 Å². The summed E-state index contributed by atoms with van der Waals surface area (Å²) in [5, 5.41) is 3.30. The molecule has 8 heteroatoms. The summed E-state index contributed by atoms with van der Waals surface area (Å²) < 4.78 is 28.7. The van der Waals surface area contributed by atoms with Crippen molar-refractivity contribution in [3.05, 3.63) is 72.2 Å². The van der Waals surface area contributed by atoms with E-state index in [1.165, 1.54) is 24.3 Å². The first-order valence-electron chi connectivity index (χ1n) is 10.7. The van der Waals surface area contributed by atoms with Crippen LogP contribution in [-0.2, 0) is 11.3 Å². The first kappa shape index (κ1) is 20.4. The van der Waals surface area contributed by atoms with Crippen molar-refractivity contribution in [3.63, 3.8) is 0 Å². The van der Waals surface area contributed by atoms with E-state index in [-0.39, 0.29) is 17.5 Å². The van der Waals surface area contributed by atoms with Crippen LogP contribution in [0, 0.1) is 11.6 Å². The van der Waals surface area contributed by atoms with E-state index in [0.717, 1.165) is 31.5 Å². The topological polar surface area (TPSA) is 53.4 Å². The summed E-state index contributed by atoms with van der Waals surface area (Å²) in [4.78, 5) is 21.4. The molecule has 0 spiro atoms. The van der Waals surface area contributed by atoms with E-state index in [0.29, 0.717) is 36.1 Å². The second-order valence-corrected chi connectivity index (χ2v) is 8.04. The Kier molecular flexibility index (Phi) is 5.45. The van der Waals surface area contributed by atoms with E-state index >= 15 is 0 Å². The summed E-state index contributed by atoms with van der Waals surface area (Å²) in [6.45, 7) is 2.65. The summed E-state index contributed by atoms with van der Waals surface area (Å²) in [5.74, 6) is 0.738. The molecule has 0 saturated carbocycles. The van der Waals surface area contributed by atoms with Crippen LogP contribution in [0.1, 0.15) is 18.7 Å². The van der Waals surface area contributed by atoms with E-state index in [1.807, 2.05) is 4.57 Å². The standard InChI is InChI=1S/C24H23F2N5O/c25-18-5-3-17(4-6-18)23-24(27-20-9-7-19(26)8-10-20)31-14-13-30(15-21(31)28-23)22(32)16-29-11-1-2-12-29/h3-10,13-14,27H,1-2,11-12,15-16H2. The van der Waals surface area contributed by atoms with Gasteiger partial charge in [0.2, 0.25) is 5.91 Å². The van der Waals surface area contributed by atoms with Crippen LogP contribution in [0.25, 0.3) is 17.5 Å². The molecule has 0 bridgehead atoms. The van der Waals surface area contributed by atoms with Gasteiger partial charge in [0.15, 0.2) is 0 Å². The fourth-order valence-electron chi connectivity index (χ4n) is 4.10. The molecule has 5 rings (SSSR count). The molecule has 0 unspecified atom stereocenters. The van der Waals surface area contributed by atoms with Gasteiger partial charge in [-0.1, -0.05) is 0 Å². The highest BCUT2D eigenvalue weighted by atomic mass is 19.1. The molecule has 3 aromatic rings. The predicted molar refractivity (Wildman–Crippen MR) is 119 cm³/mol. The molecule has 1 saturated heterocycles. The van der Waals surface area contributed by atoms with Crippen molar-refractivity contribution in [1.29, 1.82) is 0 Å². The van der Waals surface area contributed by atoms with Gasteiger partial charge in [0.25, 0.3) is 0 Å². The lowest BCUT2D eigenvalue weighted by Crippen LogP contribution is -2.37. The smallest absolute Gasteiger partial charge is 0.241 e. The van der Waals surface area contributed by atoms with Crippen LogP contribution in [-0.4, -0.2) is 44.9 Å². The van der Waals surface area contributed by atoms with Gasteiger partial charge in [0.05, 0.1) is 13.1 Å². The second-order valence-electron chi connectivity index (χ2n) is 8.04. The zero-order valence-electron chi connectivity index (χ0n) is 17.5. The van der Waals surface area contributed by atoms with Gasteiger partial charge >= 0.3 is 0 Å². The summed E-state index contributed by atoms with van der Waals surface area (Å²) in [6.07, 6.45) is 5.82. The van der Waals surface area contributed by atoms with Crippen molar-refractivity contribution in [2.24, 2.45) is 0 Å². The number of aromatic nitrogens is 2. The minimum Gasteiger partial charge on any atom is -0.339 e. The maximum Gasteiger partial charge on any atom is 0.241 e. The molecule has 0 atom stereocenters. The molecule has 3 heterocycles. The third kappa shape index (κ3) is 4.13. The summed E-state index contributed by atoms with van der Waals surface area (Å²) >= 11 is 0. The van der Waals surface area contributed by atoms with Gasteiger partial charge in [0, 0.05) is 23.7 Å². The number of benzene rings is 2. The summed E-state index contributed by atoms with van der Waals surface area (Å²) in [6, 6.07) is 12.1. The van der Waals surface area contributed by atoms with Gasteiger partial charge < -0.3 is 10.2 Å². The molecule has 1 aromatic heterocycles. The molecule has 0 aliphatic carbocycles. The number of hydrogen-bond acceptors (Lipinski definition) is 4. The number of anilines is 2. The molecule has 1 N–H and O–H groups in total. The van der Waals surface area contributed by atoms with Crippen molar-refractivity contribution in [2.45, 2.75) is 19.4 Å². The normalized spacial score (nSPS) is 15.8. The lowest BCUT2D eigenvalue weighted by molar-refractivity contribution is -0.130. The van der Waals surface area contributed by atoms with Crippen LogP contribution in [0.5, 0.6) is 0 Å². The minimum atomic E-state index is -0.329. The largest absolute Gasteiger partial charge is 0.339 e. The molecule has 2 aliphatic heterocycles. The Bertz CT molecular complexity index is 1150. The number of halogens is 2. The molecule has 2 aromatic carbocycles. The summed E-state index contributed by atoms with van der Waals surface area (Å²) in [5.41, 5.74) is 2.06. The molecule has 164 valence electrons. The van der Waals surface area contributed by atoms with E-state index in [2.05, 4.69) is 10.2 Å². The number of nitrogens with one attached hydrogen (secondary N) is 1. The van der Waals surface area contributed by atoms with Gasteiger partial charge in [-0.15, -0.1) is 0 Å². The van der Waals surface area contributed by atoms with Gasteiger partial charge in [0.1, 0.15) is 29.0 Å². The molecule has 2 aliphatic rings. The Labute approximate surface area is 184 Å². The minimum absolute atomic E-state index is 0.0359. The van der Waals surface area contributed by atoms with Gasteiger partial charge in [-0.25, -0.2) is 13.8 Å². The van der Waals surface area contributed by atoms with Crippen molar-refractivity contribution in [3.8, 4) is 11.3 Å². The lowest BCUT2D eigenvalue weighted by Gasteiger charge is -2.25. The number of carbonyl (C=O) groups excluding carboxylic acids is 1. The molecular formula is C24H23F2N5O. The van der Waals surface area contributed by atoms with Crippen LogP contribution in [0.2, 0.25) is 0 Å². The number of nitrogens with zero attached hydrogens (tertiary/aromatic N) is 4. The number of carbonyl (C=O) groups is 1. The van der Waals surface area contributed by atoms with Crippen LogP contribution < -0.4 is 5.32 Å².